The van der Waals surface area contributed by atoms with E-state index in [2.05, 4.69) is 15.2 Å². The third-order valence-corrected chi connectivity index (χ3v) is 3.84. The van der Waals surface area contributed by atoms with Crippen LogP contribution in [-0.4, -0.2) is 66.6 Å². The zero-order valence-corrected chi connectivity index (χ0v) is 12.9. The van der Waals surface area contributed by atoms with Crippen molar-refractivity contribution in [1.82, 2.24) is 15.1 Å². The highest BCUT2D eigenvalue weighted by Crippen LogP contribution is 2.14. The van der Waals surface area contributed by atoms with Gasteiger partial charge in [0.1, 0.15) is 5.70 Å². The maximum atomic E-state index is 12.4. The van der Waals surface area contributed by atoms with Gasteiger partial charge < -0.3 is 10.2 Å². The number of piperazine rings is 1. The van der Waals surface area contributed by atoms with E-state index in [1.165, 1.54) is 6.92 Å². The van der Waals surface area contributed by atoms with Gasteiger partial charge in [0.05, 0.1) is 0 Å². The second-order valence-electron chi connectivity index (χ2n) is 5.59. The molecular weight excluding hydrogens is 268 g/mol. The van der Waals surface area contributed by atoms with Gasteiger partial charge in [-0.05, 0) is 19.8 Å². The first-order valence-corrected chi connectivity index (χ1v) is 7.56. The lowest BCUT2D eigenvalue weighted by atomic mass is 10.1. The van der Waals surface area contributed by atoms with E-state index in [0.29, 0.717) is 12.2 Å². The summed E-state index contributed by atoms with van der Waals surface area (Å²) in [5.41, 5.74) is 1.64. The van der Waals surface area contributed by atoms with Crippen molar-refractivity contribution in [1.29, 1.82) is 0 Å². The number of nitrogens with zero attached hydrogens (tertiary/aromatic N) is 3. The SMILES string of the molecule is CC(=O)NCCN1CCN(C(=O)C2=CCCC(C)=N2)CC1. The van der Waals surface area contributed by atoms with Crippen LogP contribution in [-0.2, 0) is 9.59 Å². The largest absolute Gasteiger partial charge is 0.355 e. The normalized spacial score (nSPS) is 19.8. The minimum Gasteiger partial charge on any atom is -0.355 e. The number of aliphatic imine (C=N–C) groups is 1. The summed E-state index contributed by atoms with van der Waals surface area (Å²) in [5.74, 6) is 0.0526. The van der Waals surface area contributed by atoms with E-state index in [1.54, 1.807) is 0 Å². The molecule has 0 bridgehead atoms. The molecular formula is C15H24N4O2. The summed E-state index contributed by atoms with van der Waals surface area (Å²) in [5, 5.41) is 2.80. The minimum absolute atomic E-state index is 0.00119. The Balaban J connectivity index is 1.77. The molecule has 0 saturated carbocycles. The standard InChI is InChI=1S/C15H24N4O2/c1-12-4-3-5-14(17-12)15(21)19-10-8-18(9-11-19)7-6-16-13(2)20/h5H,3-4,6-11H2,1-2H3,(H,16,20). The molecule has 2 amide bonds. The van der Waals surface area contributed by atoms with Crippen molar-refractivity contribution >= 4 is 17.5 Å². The third-order valence-electron chi connectivity index (χ3n) is 3.84. The van der Waals surface area contributed by atoms with E-state index in [0.717, 1.165) is 51.3 Å². The van der Waals surface area contributed by atoms with Gasteiger partial charge in [-0.15, -0.1) is 0 Å². The first-order chi connectivity index (χ1) is 10.1. The Hall–Kier alpha value is -1.69. The monoisotopic (exact) mass is 292 g/mol. The van der Waals surface area contributed by atoms with Gasteiger partial charge in [0.25, 0.3) is 5.91 Å². The van der Waals surface area contributed by atoms with E-state index in [1.807, 2.05) is 17.9 Å². The lowest BCUT2D eigenvalue weighted by molar-refractivity contribution is -0.128. The van der Waals surface area contributed by atoms with Crippen LogP contribution in [0.2, 0.25) is 0 Å². The molecule has 2 aliphatic rings. The van der Waals surface area contributed by atoms with Crippen molar-refractivity contribution in [2.45, 2.75) is 26.7 Å². The predicted octanol–water partition coefficient (Wildman–Crippen LogP) is 0.405. The number of allylic oxidation sites excluding steroid dienone is 1. The maximum Gasteiger partial charge on any atom is 0.272 e. The van der Waals surface area contributed by atoms with Crippen LogP contribution in [0.5, 0.6) is 0 Å². The molecule has 1 N–H and O–H groups in total. The predicted molar refractivity (Wildman–Crippen MR) is 82.1 cm³/mol. The fourth-order valence-corrected chi connectivity index (χ4v) is 2.59. The second kappa shape index (κ2) is 7.36. The molecule has 0 atom stereocenters. The number of rotatable bonds is 4. The van der Waals surface area contributed by atoms with Gasteiger partial charge in [-0.25, -0.2) is 0 Å². The zero-order valence-electron chi connectivity index (χ0n) is 12.9. The molecule has 6 nitrogen and oxygen atoms in total. The summed E-state index contributed by atoms with van der Waals surface area (Å²) in [7, 11) is 0. The number of nitrogens with one attached hydrogen (secondary N) is 1. The lowest BCUT2D eigenvalue weighted by Gasteiger charge is -2.35. The second-order valence-corrected chi connectivity index (χ2v) is 5.59. The Bertz CT molecular complexity index is 462. The number of carbonyl (C=O) groups excluding carboxylic acids is 2. The van der Waals surface area contributed by atoms with Crippen molar-refractivity contribution in [3.05, 3.63) is 11.8 Å². The van der Waals surface area contributed by atoms with E-state index in [9.17, 15) is 9.59 Å². The smallest absolute Gasteiger partial charge is 0.272 e. The average molecular weight is 292 g/mol. The number of hydrogen-bond donors (Lipinski definition) is 1. The summed E-state index contributed by atoms with van der Waals surface area (Å²) in [4.78, 5) is 31.7. The Morgan fingerprint density at radius 2 is 2.00 bits per heavy atom. The van der Waals surface area contributed by atoms with Crippen LogP contribution in [0.1, 0.15) is 26.7 Å². The molecule has 1 saturated heterocycles. The highest BCUT2D eigenvalue weighted by molar-refractivity contribution is 5.98. The van der Waals surface area contributed by atoms with Crippen LogP contribution in [0, 0.1) is 0 Å². The molecule has 1 fully saturated rings. The Kier molecular flexibility index (Phi) is 5.50. The van der Waals surface area contributed by atoms with Crippen molar-refractivity contribution in [2.75, 3.05) is 39.3 Å². The maximum absolute atomic E-state index is 12.4. The third kappa shape index (κ3) is 4.67. The highest BCUT2D eigenvalue weighted by atomic mass is 16.2. The average Bonchev–Trinajstić information content (AvgIpc) is 2.47. The molecule has 2 rings (SSSR count). The van der Waals surface area contributed by atoms with E-state index in [-0.39, 0.29) is 11.8 Å². The molecule has 2 heterocycles. The van der Waals surface area contributed by atoms with Gasteiger partial charge in [0, 0.05) is 51.9 Å². The van der Waals surface area contributed by atoms with Crippen molar-refractivity contribution < 1.29 is 9.59 Å². The lowest BCUT2D eigenvalue weighted by Crippen LogP contribution is -2.50. The fraction of sp³-hybridized carbons (Fsp3) is 0.667. The fourth-order valence-electron chi connectivity index (χ4n) is 2.59. The van der Waals surface area contributed by atoms with Gasteiger partial charge in [-0.3, -0.25) is 19.5 Å². The molecule has 0 aromatic carbocycles. The number of amides is 2. The Morgan fingerprint density at radius 1 is 1.29 bits per heavy atom. The van der Waals surface area contributed by atoms with Crippen molar-refractivity contribution in [2.24, 2.45) is 4.99 Å². The number of carbonyl (C=O) groups is 2. The van der Waals surface area contributed by atoms with Crippen molar-refractivity contribution in [3.8, 4) is 0 Å². The van der Waals surface area contributed by atoms with E-state index >= 15 is 0 Å². The van der Waals surface area contributed by atoms with Gasteiger partial charge in [-0.1, -0.05) is 6.08 Å². The summed E-state index contributed by atoms with van der Waals surface area (Å²) >= 11 is 0. The van der Waals surface area contributed by atoms with Crippen LogP contribution in [0.25, 0.3) is 0 Å². The Morgan fingerprint density at radius 3 is 2.62 bits per heavy atom. The molecule has 0 unspecified atom stereocenters. The van der Waals surface area contributed by atoms with Crippen LogP contribution >= 0.6 is 0 Å². The van der Waals surface area contributed by atoms with E-state index < -0.39 is 0 Å². The quantitative estimate of drug-likeness (QED) is 0.816. The first kappa shape index (κ1) is 15.7. The topological polar surface area (TPSA) is 65.0 Å². The first-order valence-electron chi connectivity index (χ1n) is 7.56. The minimum atomic E-state index is 0.00119. The van der Waals surface area contributed by atoms with Gasteiger partial charge in [0.15, 0.2) is 0 Å². The van der Waals surface area contributed by atoms with E-state index in [4.69, 9.17) is 0 Å². The highest BCUT2D eigenvalue weighted by Gasteiger charge is 2.24. The molecule has 2 aliphatic heterocycles. The van der Waals surface area contributed by atoms with Crippen LogP contribution in [0.3, 0.4) is 0 Å². The molecule has 21 heavy (non-hydrogen) atoms. The number of hydrogen-bond acceptors (Lipinski definition) is 4. The molecule has 116 valence electrons. The van der Waals surface area contributed by atoms with Crippen molar-refractivity contribution in [3.63, 3.8) is 0 Å². The summed E-state index contributed by atoms with van der Waals surface area (Å²) in [6, 6.07) is 0. The molecule has 6 heteroatoms. The summed E-state index contributed by atoms with van der Waals surface area (Å²) < 4.78 is 0. The summed E-state index contributed by atoms with van der Waals surface area (Å²) in [6.07, 6.45) is 3.80. The Labute approximate surface area is 125 Å². The molecule has 0 spiro atoms. The van der Waals surface area contributed by atoms with Gasteiger partial charge >= 0.3 is 0 Å². The van der Waals surface area contributed by atoms with Crippen LogP contribution in [0.15, 0.2) is 16.8 Å². The molecule has 0 aromatic heterocycles. The molecule has 0 aliphatic carbocycles. The van der Waals surface area contributed by atoms with Gasteiger partial charge in [-0.2, -0.15) is 0 Å². The molecule has 0 aromatic rings. The molecule has 0 radical (unpaired) electrons. The zero-order chi connectivity index (χ0) is 15.2. The summed E-state index contributed by atoms with van der Waals surface area (Å²) in [6.45, 7) is 8.15. The van der Waals surface area contributed by atoms with Gasteiger partial charge in [0.2, 0.25) is 5.91 Å². The van der Waals surface area contributed by atoms with Crippen LogP contribution in [0.4, 0.5) is 0 Å². The van der Waals surface area contributed by atoms with Crippen LogP contribution < -0.4 is 5.32 Å².